The van der Waals surface area contributed by atoms with E-state index in [2.05, 4.69) is 17.6 Å². The van der Waals surface area contributed by atoms with E-state index in [0.29, 0.717) is 6.04 Å². The summed E-state index contributed by atoms with van der Waals surface area (Å²) < 4.78 is 0. The van der Waals surface area contributed by atoms with E-state index < -0.39 is 4.92 Å². The lowest BCUT2D eigenvalue weighted by atomic mass is 10.0. The topological polar surface area (TPSA) is 84.3 Å². The smallest absolute Gasteiger partial charge is 0.269 e. The lowest BCUT2D eigenvalue weighted by Gasteiger charge is -2.28. The molecule has 1 aromatic carbocycles. The molecule has 0 bridgehead atoms. The van der Waals surface area contributed by atoms with Crippen LogP contribution in [0.4, 0.5) is 5.69 Å². The maximum absolute atomic E-state index is 11.9. The second-order valence-corrected chi connectivity index (χ2v) is 5.24. The average molecular weight is 277 g/mol. The van der Waals surface area contributed by atoms with Crippen molar-refractivity contribution in [1.29, 1.82) is 0 Å². The Labute approximate surface area is 117 Å². The number of benzene rings is 1. The fourth-order valence-corrected chi connectivity index (χ4v) is 2.46. The van der Waals surface area contributed by atoms with Crippen LogP contribution >= 0.6 is 0 Å². The minimum atomic E-state index is -0.444. The monoisotopic (exact) mass is 277 g/mol. The summed E-state index contributed by atoms with van der Waals surface area (Å²) in [5, 5.41) is 16.9. The van der Waals surface area contributed by atoms with Crippen molar-refractivity contribution in [3.63, 3.8) is 0 Å². The number of non-ortho nitro benzene ring substituents is 1. The summed E-state index contributed by atoms with van der Waals surface area (Å²) in [5.74, 6) is -0.0297. The summed E-state index contributed by atoms with van der Waals surface area (Å²) in [6.45, 7) is 3.03. The fourth-order valence-electron chi connectivity index (χ4n) is 2.46. The van der Waals surface area contributed by atoms with Gasteiger partial charge in [0.05, 0.1) is 11.3 Å². The van der Waals surface area contributed by atoms with Crippen LogP contribution in [0.1, 0.15) is 25.3 Å². The predicted octanol–water partition coefficient (Wildman–Crippen LogP) is 1.39. The number of amides is 1. The predicted molar refractivity (Wildman–Crippen MR) is 75.4 cm³/mol. The number of nitrogens with one attached hydrogen (secondary N) is 2. The standard InChI is InChI=1S/C14H19N3O3/c1-10-8-12(6-7-15-10)16-14(18)9-11-2-4-13(5-3-11)17(19)20/h2-5,10,12,15H,6-9H2,1H3,(H,16,18). The molecule has 1 aromatic rings. The molecule has 0 aromatic heterocycles. The molecule has 6 heteroatoms. The summed E-state index contributed by atoms with van der Waals surface area (Å²) in [6, 6.07) is 6.75. The number of carbonyl (C=O) groups excluding carboxylic acids is 1. The van der Waals surface area contributed by atoms with Gasteiger partial charge in [-0.05, 0) is 31.9 Å². The number of rotatable bonds is 4. The molecule has 0 saturated carbocycles. The number of carbonyl (C=O) groups is 1. The molecule has 1 heterocycles. The summed E-state index contributed by atoms with van der Waals surface area (Å²) >= 11 is 0. The average Bonchev–Trinajstić information content (AvgIpc) is 2.39. The van der Waals surface area contributed by atoms with E-state index in [9.17, 15) is 14.9 Å². The minimum absolute atomic E-state index is 0.0297. The number of nitrogens with zero attached hydrogens (tertiary/aromatic N) is 1. The Kier molecular flexibility index (Phi) is 4.68. The van der Waals surface area contributed by atoms with Crippen molar-refractivity contribution in [2.75, 3.05) is 6.54 Å². The van der Waals surface area contributed by atoms with Gasteiger partial charge >= 0.3 is 0 Å². The third kappa shape index (κ3) is 4.03. The number of nitro benzene ring substituents is 1. The van der Waals surface area contributed by atoms with E-state index in [1.165, 1.54) is 12.1 Å². The zero-order chi connectivity index (χ0) is 14.5. The second kappa shape index (κ2) is 6.47. The van der Waals surface area contributed by atoms with Crippen molar-refractivity contribution in [3.05, 3.63) is 39.9 Å². The summed E-state index contributed by atoms with van der Waals surface area (Å²) in [7, 11) is 0. The van der Waals surface area contributed by atoms with Gasteiger partial charge in [-0.1, -0.05) is 12.1 Å². The van der Waals surface area contributed by atoms with E-state index in [0.717, 1.165) is 24.9 Å². The maximum Gasteiger partial charge on any atom is 0.269 e. The lowest BCUT2D eigenvalue weighted by Crippen LogP contribution is -2.46. The van der Waals surface area contributed by atoms with Crippen LogP contribution in [0.25, 0.3) is 0 Å². The fraction of sp³-hybridized carbons (Fsp3) is 0.500. The second-order valence-electron chi connectivity index (χ2n) is 5.24. The first kappa shape index (κ1) is 14.5. The molecule has 2 atom stereocenters. The molecule has 1 saturated heterocycles. The Bertz CT molecular complexity index is 487. The first-order chi connectivity index (χ1) is 9.54. The van der Waals surface area contributed by atoms with E-state index in [4.69, 9.17) is 0 Å². The van der Waals surface area contributed by atoms with Crippen molar-refractivity contribution >= 4 is 11.6 Å². The normalized spacial score (nSPS) is 22.2. The molecule has 6 nitrogen and oxygen atoms in total. The minimum Gasteiger partial charge on any atom is -0.353 e. The van der Waals surface area contributed by atoms with Gasteiger partial charge in [0.2, 0.25) is 5.91 Å². The van der Waals surface area contributed by atoms with Crippen LogP contribution in [-0.4, -0.2) is 29.5 Å². The molecule has 108 valence electrons. The van der Waals surface area contributed by atoms with Crippen LogP contribution in [0.2, 0.25) is 0 Å². The van der Waals surface area contributed by atoms with E-state index >= 15 is 0 Å². The SMILES string of the molecule is CC1CC(NC(=O)Cc2ccc([N+](=O)[O-])cc2)CCN1. The summed E-state index contributed by atoms with van der Waals surface area (Å²) in [5.41, 5.74) is 0.830. The highest BCUT2D eigenvalue weighted by Crippen LogP contribution is 2.13. The van der Waals surface area contributed by atoms with Crippen LogP contribution in [0.15, 0.2) is 24.3 Å². The van der Waals surface area contributed by atoms with Gasteiger partial charge in [0.15, 0.2) is 0 Å². The quantitative estimate of drug-likeness (QED) is 0.643. The molecule has 1 aliphatic rings. The van der Waals surface area contributed by atoms with Crippen molar-refractivity contribution in [2.24, 2.45) is 0 Å². The maximum atomic E-state index is 11.9. The molecule has 1 fully saturated rings. The van der Waals surface area contributed by atoms with Gasteiger partial charge in [-0.25, -0.2) is 0 Å². The molecule has 20 heavy (non-hydrogen) atoms. The van der Waals surface area contributed by atoms with Crippen LogP contribution in [0.3, 0.4) is 0 Å². The van der Waals surface area contributed by atoms with Crippen LogP contribution in [0, 0.1) is 10.1 Å². The van der Waals surface area contributed by atoms with Crippen molar-refractivity contribution in [3.8, 4) is 0 Å². The number of hydrogen-bond donors (Lipinski definition) is 2. The van der Waals surface area contributed by atoms with Crippen molar-refractivity contribution in [2.45, 2.75) is 38.3 Å². The molecular weight excluding hydrogens is 258 g/mol. The molecule has 1 amide bonds. The zero-order valence-corrected chi connectivity index (χ0v) is 11.5. The van der Waals surface area contributed by atoms with E-state index in [1.807, 2.05) is 0 Å². The van der Waals surface area contributed by atoms with Crippen molar-refractivity contribution in [1.82, 2.24) is 10.6 Å². The molecular formula is C14H19N3O3. The van der Waals surface area contributed by atoms with Gasteiger partial charge in [-0.2, -0.15) is 0 Å². The van der Waals surface area contributed by atoms with Crippen molar-refractivity contribution < 1.29 is 9.72 Å². The zero-order valence-electron chi connectivity index (χ0n) is 11.5. The van der Waals surface area contributed by atoms with Crippen LogP contribution in [0.5, 0.6) is 0 Å². The highest BCUT2D eigenvalue weighted by molar-refractivity contribution is 5.78. The Balaban J connectivity index is 1.86. The highest BCUT2D eigenvalue weighted by atomic mass is 16.6. The third-order valence-electron chi connectivity index (χ3n) is 3.50. The molecule has 2 unspecified atom stereocenters. The van der Waals surface area contributed by atoms with Crippen LogP contribution < -0.4 is 10.6 Å². The molecule has 2 N–H and O–H groups in total. The summed E-state index contributed by atoms with van der Waals surface area (Å²) in [6.07, 6.45) is 2.14. The molecule has 0 radical (unpaired) electrons. The van der Waals surface area contributed by atoms with Gasteiger partial charge in [-0.15, -0.1) is 0 Å². The first-order valence-electron chi connectivity index (χ1n) is 6.80. The first-order valence-corrected chi connectivity index (χ1v) is 6.80. The third-order valence-corrected chi connectivity index (χ3v) is 3.50. The van der Waals surface area contributed by atoms with Gasteiger partial charge in [0.1, 0.15) is 0 Å². The Morgan fingerprint density at radius 2 is 2.15 bits per heavy atom. The lowest BCUT2D eigenvalue weighted by molar-refractivity contribution is -0.384. The molecule has 0 spiro atoms. The Morgan fingerprint density at radius 3 is 2.75 bits per heavy atom. The van der Waals surface area contributed by atoms with E-state index in [-0.39, 0.29) is 24.1 Å². The number of nitro groups is 1. The molecule has 2 rings (SSSR count). The Hall–Kier alpha value is -1.95. The van der Waals surface area contributed by atoms with Crippen LogP contribution in [-0.2, 0) is 11.2 Å². The number of piperidine rings is 1. The van der Waals surface area contributed by atoms with Gasteiger partial charge in [0, 0.05) is 24.2 Å². The molecule has 1 aliphatic heterocycles. The molecule has 0 aliphatic carbocycles. The van der Waals surface area contributed by atoms with E-state index in [1.54, 1.807) is 12.1 Å². The summed E-state index contributed by atoms with van der Waals surface area (Å²) in [4.78, 5) is 22.0. The van der Waals surface area contributed by atoms with Gasteiger partial charge < -0.3 is 10.6 Å². The number of hydrogen-bond acceptors (Lipinski definition) is 4. The van der Waals surface area contributed by atoms with Gasteiger partial charge in [-0.3, -0.25) is 14.9 Å². The highest BCUT2D eigenvalue weighted by Gasteiger charge is 2.19. The largest absolute Gasteiger partial charge is 0.353 e. The Morgan fingerprint density at radius 1 is 1.45 bits per heavy atom. The van der Waals surface area contributed by atoms with Gasteiger partial charge in [0.25, 0.3) is 5.69 Å².